The lowest BCUT2D eigenvalue weighted by molar-refractivity contribution is 0.791. The minimum absolute atomic E-state index is 0.804. The first kappa shape index (κ1) is 11.3. The van der Waals surface area contributed by atoms with Crippen LogP contribution in [0.15, 0.2) is 47.1 Å². The summed E-state index contributed by atoms with van der Waals surface area (Å²) >= 11 is 3.47. The summed E-state index contributed by atoms with van der Waals surface area (Å²) < 4.78 is 1.09. The molecule has 1 N–H and O–H groups in total. The Bertz CT molecular complexity index is 466. The van der Waals surface area contributed by atoms with E-state index in [0.717, 1.165) is 22.3 Å². The summed E-state index contributed by atoms with van der Waals surface area (Å²) in [5.41, 5.74) is 3.38. The number of rotatable bonds is 3. The van der Waals surface area contributed by atoms with Gasteiger partial charge >= 0.3 is 0 Å². The van der Waals surface area contributed by atoms with E-state index in [1.165, 1.54) is 5.56 Å². The molecule has 0 aliphatic heterocycles. The van der Waals surface area contributed by atoms with Crippen molar-refractivity contribution in [3.63, 3.8) is 0 Å². The summed E-state index contributed by atoms with van der Waals surface area (Å²) in [6, 6.07) is 12.4. The maximum Gasteiger partial charge on any atom is 0.0542 e. The van der Waals surface area contributed by atoms with E-state index in [1.54, 1.807) is 0 Å². The van der Waals surface area contributed by atoms with Crippen LogP contribution >= 0.6 is 15.9 Å². The number of pyridine rings is 1. The molecule has 2 aromatic rings. The number of nitrogens with one attached hydrogen (secondary N) is 1. The first-order valence-electron chi connectivity index (χ1n) is 5.15. The molecule has 3 heteroatoms. The second-order valence-corrected chi connectivity index (χ2v) is 4.49. The number of halogens is 1. The Balaban J connectivity index is 2.27. The lowest BCUT2D eigenvalue weighted by Gasteiger charge is -2.03. The lowest BCUT2D eigenvalue weighted by Crippen LogP contribution is -2.06. The van der Waals surface area contributed by atoms with E-state index >= 15 is 0 Å². The average Bonchev–Trinajstić information content (AvgIpc) is 2.30. The monoisotopic (exact) mass is 276 g/mol. The highest BCUT2D eigenvalue weighted by Gasteiger charge is 1.99. The summed E-state index contributed by atoms with van der Waals surface area (Å²) in [7, 11) is 1.92. The summed E-state index contributed by atoms with van der Waals surface area (Å²) in [6.07, 6.45) is 1.91. The molecule has 0 saturated heterocycles. The van der Waals surface area contributed by atoms with E-state index in [-0.39, 0.29) is 0 Å². The van der Waals surface area contributed by atoms with Gasteiger partial charge < -0.3 is 5.32 Å². The maximum atomic E-state index is 4.40. The third kappa shape index (κ3) is 2.68. The van der Waals surface area contributed by atoms with Crippen LogP contribution < -0.4 is 5.32 Å². The Morgan fingerprint density at radius 3 is 2.69 bits per heavy atom. The highest BCUT2D eigenvalue weighted by atomic mass is 79.9. The van der Waals surface area contributed by atoms with Crippen LogP contribution in [-0.2, 0) is 6.54 Å². The molecule has 16 heavy (non-hydrogen) atoms. The number of nitrogens with zero attached hydrogens (tertiary/aromatic N) is 1. The van der Waals surface area contributed by atoms with Gasteiger partial charge in [0.05, 0.1) is 5.69 Å². The van der Waals surface area contributed by atoms with Gasteiger partial charge in [0.1, 0.15) is 0 Å². The van der Waals surface area contributed by atoms with Crippen molar-refractivity contribution in [2.45, 2.75) is 6.54 Å². The zero-order valence-corrected chi connectivity index (χ0v) is 10.7. The Morgan fingerprint density at radius 1 is 1.19 bits per heavy atom. The van der Waals surface area contributed by atoms with Crippen LogP contribution in [0.2, 0.25) is 0 Å². The summed E-state index contributed by atoms with van der Waals surface area (Å²) in [6.45, 7) is 0.804. The van der Waals surface area contributed by atoms with E-state index in [1.807, 2.05) is 31.4 Å². The summed E-state index contributed by atoms with van der Waals surface area (Å²) in [5, 5.41) is 3.08. The second kappa shape index (κ2) is 5.23. The molecule has 0 spiro atoms. The Kier molecular flexibility index (Phi) is 3.70. The molecule has 2 rings (SSSR count). The SMILES string of the molecule is CNCc1ccc(-c2cccc(Br)c2)cn1. The number of benzene rings is 1. The molecule has 0 atom stereocenters. The zero-order chi connectivity index (χ0) is 11.4. The highest BCUT2D eigenvalue weighted by molar-refractivity contribution is 9.10. The predicted octanol–water partition coefficient (Wildman–Crippen LogP) is 3.23. The largest absolute Gasteiger partial charge is 0.314 e. The molecule has 0 amide bonds. The standard InChI is InChI=1S/C13H13BrN2/c1-15-9-13-6-5-11(8-16-13)10-3-2-4-12(14)7-10/h2-8,15H,9H2,1H3. The van der Waals surface area contributed by atoms with Crippen LogP contribution in [0, 0.1) is 0 Å². The van der Waals surface area contributed by atoms with Crippen LogP contribution in [0.3, 0.4) is 0 Å². The van der Waals surface area contributed by atoms with Gasteiger partial charge in [0.25, 0.3) is 0 Å². The first-order chi connectivity index (χ1) is 7.79. The third-order valence-corrected chi connectivity index (χ3v) is 2.83. The van der Waals surface area contributed by atoms with Gasteiger partial charge in [-0.1, -0.05) is 34.1 Å². The average molecular weight is 277 g/mol. The van der Waals surface area contributed by atoms with Gasteiger partial charge in [-0.2, -0.15) is 0 Å². The smallest absolute Gasteiger partial charge is 0.0542 e. The lowest BCUT2D eigenvalue weighted by atomic mass is 10.1. The fourth-order valence-corrected chi connectivity index (χ4v) is 1.95. The van der Waals surface area contributed by atoms with Crippen molar-refractivity contribution in [3.05, 3.63) is 52.8 Å². The van der Waals surface area contributed by atoms with Crippen molar-refractivity contribution in [1.29, 1.82) is 0 Å². The fourth-order valence-electron chi connectivity index (χ4n) is 1.55. The molecule has 1 aromatic carbocycles. The van der Waals surface area contributed by atoms with E-state index < -0.39 is 0 Å². The number of aromatic nitrogens is 1. The van der Waals surface area contributed by atoms with E-state index in [4.69, 9.17) is 0 Å². The molecule has 0 saturated carbocycles. The minimum atomic E-state index is 0.804. The molecule has 82 valence electrons. The molecule has 1 aromatic heterocycles. The summed E-state index contributed by atoms with van der Waals surface area (Å²) in [4.78, 5) is 4.40. The molecule has 0 radical (unpaired) electrons. The van der Waals surface area contributed by atoms with Crippen molar-refractivity contribution >= 4 is 15.9 Å². The van der Waals surface area contributed by atoms with Crippen molar-refractivity contribution < 1.29 is 0 Å². The quantitative estimate of drug-likeness (QED) is 0.931. The summed E-state index contributed by atoms with van der Waals surface area (Å²) in [5.74, 6) is 0. The molecule has 1 heterocycles. The Hall–Kier alpha value is -1.19. The van der Waals surface area contributed by atoms with Crippen LogP contribution in [0.5, 0.6) is 0 Å². The zero-order valence-electron chi connectivity index (χ0n) is 9.07. The Morgan fingerprint density at radius 2 is 2.06 bits per heavy atom. The second-order valence-electron chi connectivity index (χ2n) is 3.58. The van der Waals surface area contributed by atoms with Crippen molar-refractivity contribution in [1.82, 2.24) is 10.3 Å². The number of hydrogen-bond donors (Lipinski definition) is 1. The molecule has 2 nitrogen and oxygen atoms in total. The molecule has 0 aliphatic rings. The normalized spacial score (nSPS) is 10.4. The van der Waals surface area contributed by atoms with Crippen LogP contribution in [0.25, 0.3) is 11.1 Å². The van der Waals surface area contributed by atoms with Gasteiger partial charge in [-0.05, 0) is 30.8 Å². The van der Waals surface area contributed by atoms with Crippen molar-refractivity contribution in [3.8, 4) is 11.1 Å². The van der Waals surface area contributed by atoms with Gasteiger partial charge in [-0.15, -0.1) is 0 Å². The fraction of sp³-hybridized carbons (Fsp3) is 0.154. The van der Waals surface area contributed by atoms with Crippen LogP contribution in [-0.4, -0.2) is 12.0 Å². The molecular formula is C13H13BrN2. The number of hydrogen-bond acceptors (Lipinski definition) is 2. The topological polar surface area (TPSA) is 24.9 Å². The van der Waals surface area contributed by atoms with Crippen LogP contribution in [0.1, 0.15) is 5.69 Å². The van der Waals surface area contributed by atoms with Gasteiger partial charge in [-0.25, -0.2) is 0 Å². The molecule has 0 fully saturated rings. The minimum Gasteiger partial charge on any atom is -0.314 e. The van der Waals surface area contributed by atoms with E-state index in [2.05, 4.69) is 44.4 Å². The van der Waals surface area contributed by atoms with Gasteiger partial charge in [0.15, 0.2) is 0 Å². The van der Waals surface area contributed by atoms with E-state index in [0.29, 0.717) is 0 Å². The van der Waals surface area contributed by atoms with Gasteiger partial charge in [0, 0.05) is 22.8 Å². The van der Waals surface area contributed by atoms with Gasteiger partial charge in [0.2, 0.25) is 0 Å². The predicted molar refractivity (Wildman–Crippen MR) is 70.1 cm³/mol. The highest BCUT2D eigenvalue weighted by Crippen LogP contribution is 2.22. The van der Waals surface area contributed by atoms with E-state index in [9.17, 15) is 0 Å². The first-order valence-corrected chi connectivity index (χ1v) is 5.94. The third-order valence-electron chi connectivity index (χ3n) is 2.34. The van der Waals surface area contributed by atoms with Crippen molar-refractivity contribution in [2.24, 2.45) is 0 Å². The van der Waals surface area contributed by atoms with Crippen LogP contribution in [0.4, 0.5) is 0 Å². The molecular weight excluding hydrogens is 264 g/mol. The molecule has 0 unspecified atom stereocenters. The molecule has 0 bridgehead atoms. The Labute approximate surface area is 104 Å². The van der Waals surface area contributed by atoms with Gasteiger partial charge in [-0.3, -0.25) is 4.98 Å². The molecule has 0 aliphatic carbocycles. The van der Waals surface area contributed by atoms with Crippen molar-refractivity contribution in [2.75, 3.05) is 7.05 Å². The maximum absolute atomic E-state index is 4.40.